The van der Waals surface area contributed by atoms with E-state index in [1.54, 1.807) is 0 Å². The monoisotopic (exact) mass is 522 g/mol. The number of aromatic nitrogens is 1. The molecular formula is C26H20F6N2O3. The van der Waals surface area contributed by atoms with Crippen LogP contribution in [0, 0.1) is 5.82 Å². The summed E-state index contributed by atoms with van der Waals surface area (Å²) in [4.78, 5) is 28.7. The number of halogens is 6. The largest absolute Gasteiger partial charge is 0.478 e. The Bertz CT molecular complexity index is 1370. The van der Waals surface area contributed by atoms with Gasteiger partial charge in [0.2, 0.25) is 5.91 Å². The molecule has 3 aromatic rings. The van der Waals surface area contributed by atoms with Crippen LogP contribution in [0.5, 0.6) is 0 Å². The molecule has 4 rings (SSSR count). The molecule has 0 unspecified atom stereocenters. The van der Waals surface area contributed by atoms with Crippen molar-refractivity contribution in [2.45, 2.75) is 43.7 Å². The number of amides is 1. The molecule has 2 N–H and O–H groups in total. The predicted octanol–water partition coefficient (Wildman–Crippen LogP) is 6.78. The second-order valence-electron chi connectivity index (χ2n) is 8.78. The Morgan fingerprint density at radius 1 is 1.03 bits per heavy atom. The van der Waals surface area contributed by atoms with Crippen LogP contribution in [0.4, 0.5) is 32.0 Å². The molecule has 1 heterocycles. The minimum absolute atomic E-state index is 0.0619. The zero-order valence-electron chi connectivity index (χ0n) is 19.3. The smallest absolute Gasteiger partial charge is 0.416 e. The van der Waals surface area contributed by atoms with E-state index in [1.807, 2.05) is 0 Å². The molecule has 1 saturated carbocycles. The van der Waals surface area contributed by atoms with Crippen LogP contribution in [0.3, 0.4) is 0 Å². The van der Waals surface area contributed by atoms with E-state index in [1.165, 1.54) is 25.1 Å². The molecule has 11 heteroatoms. The number of carboxylic acid groups (broad SMARTS) is 1. The highest BCUT2D eigenvalue weighted by atomic mass is 19.4. The van der Waals surface area contributed by atoms with Crippen molar-refractivity contribution in [1.29, 1.82) is 0 Å². The minimum Gasteiger partial charge on any atom is -0.478 e. The van der Waals surface area contributed by atoms with Crippen molar-refractivity contribution in [3.63, 3.8) is 0 Å². The summed E-state index contributed by atoms with van der Waals surface area (Å²) in [6.07, 6.45) is -3.66. The number of benzene rings is 2. The molecule has 1 aromatic heterocycles. The van der Waals surface area contributed by atoms with E-state index in [9.17, 15) is 41.0 Å². The summed E-state index contributed by atoms with van der Waals surface area (Å²) in [5.74, 6) is -6.34. The number of hydrogen-bond donors (Lipinski definition) is 2. The van der Waals surface area contributed by atoms with Gasteiger partial charge in [-0.1, -0.05) is 25.1 Å². The van der Waals surface area contributed by atoms with Gasteiger partial charge >= 0.3 is 12.1 Å². The van der Waals surface area contributed by atoms with Crippen molar-refractivity contribution in [3.8, 4) is 11.1 Å². The fraction of sp³-hybridized carbons (Fsp3) is 0.269. The summed E-state index contributed by atoms with van der Waals surface area (Å²) in [6, 6.07) is 8.32. The highest BCUT2D eigenvalue weighted by Crippen LogP contribution is 2.50. The summed E-state index contributed by atoms with van der Waals surface area (Å²) < 4.78 is 80.9. The first-order valence-electron chi connectivity index (χ1n) is 11.2. The second-order valence-corrected chi connectivity index (χ2v) is 8.78. The molecule has 1 amide bonds. The quantitative estimate of drug-likeness (QED) is 0.336. The van der Waals surface area contributed by atoms with Crippen LogP contribution in [0.15, 0.2) is 54.7 Å². The number of alkyl halides is 5. The van der Waals surface area contributed by atoms with Crippen molar-refractivity contribution >= 4 is 17.6 Å². The van der Waals surface area contributed by atoms with Crippen LogP contribution in [0.1, 0.15) is 53.4 Å². The lowest BCUT2D eigenvalue weighted by molar-refractivity contribution is -0.137. The Morgan fingerprint density at radius 2 is 1.73 bits per heavy atom. The molecule has 37 heavy (non-hydrogen) atoms. The van der Waals surface area contributed by atoms with Gasteiger partial charge in [0.05, 0.1) is 16.5 Å². The Labute approximate surface area is 207 Å². The molecule has 1 fully saturated rings. The Balaban J connectivity index is 1.60. The molecule has 1 aliphatic carbocycles. The third kappa shape index (κ3) is 5.03. The van der Waals surface area contributed by atoms with Crippen LogP contribution < -0.4 is 5.32 Å². The lowest BCUT2D eigenvalue weighted by Gasteiger charge is -2.18. The van der Waals surface area contributed by atoms with Crippen LogP contribution in [0.25, 0.3) is 11.1 Å². The van der Waals surface area contributed by atoms with Crippen LogP contribution in [-0.4, -0.2) is 22.0 Å². The number of nitrogens with one attached hydrogen (secondary N) is 1. The van der Waals surface area contributed by atoms with Crippen LogP contribution >= 0.6 is 0 Å². The number of anilines is 1. The lowest BCUT2D eigenvalue weighted by Crippen LogP contribution is -2.29. The third-order valence-corrected chi connectivity index (χ3v) is 6.40. The van der Waals surface area contributed by atoms with Gasteiger partial charge in [-0.3, -0.25) is 9.78 Å². The van der Waals surface area contributed by atoms with Crippen molar-refractivity contribution in [3.05, 3.63) is 82.9 Å². The van der Waals surface area contributed by atoms with Gasteiger partial charge in [0, 0.05) is 29.4 Å². The maximum absolute atomic E-state index is 14.5. The van der Waals surface area contributed by atoms with Gasteiger partial charge in [-0.25, -0.2) is 9.18 Å². The van der Waals surface area contributed by atoms with Gasteiger partial charge in [0.1, 0.15) is 11.5 Å². The molecule has 0 radical (unpaired) electrons. The molecule has 1 aliphatic rings. The first-order valence-corrected chi connectivity index (χ1v) is 11.2. The summed E-state index contributed by atoms with van der Waals surface area (Å²) in [5, 5.41) is 12.2. The highest BCUT2D eigenvalue weighted by molar-refractivity contribution is 6.03. The predicted molar refractivity (Wildman–Crippen MR) is 122 cm³/mol. The minimum atomic E-state index is -4.74. The molecule has 0 atom stereocenters. The number of pyridine rings is 1. The van der Waals surface area contributed by atoms with Gasteiger partial charge in [-0.15, -0.1) is 0 Å². The topological polar surface area (TPSA) is 79.3 Å². The molecule has 5 nitrogen and oxygen atoms in total. The van der Waals surface area contributed by atoms with Crippen molar-refractivity contribution < 1.29 is 41.0 Å². The van der Waals surface area contributed by atoms with Crippen LogP contribution in [0.2, 0.25) is 0 Å². The van der Waals surface area contributed by atoms with E-state index in [0.29, 0.717) is 12.1 Å². The number of carbonyl (C=O) groups excluding carboxylic acids is 1. The summed E-state index contributed by atoms with van der Waals surface area (Å²) in [6.45, 7) is 1.31. The van der Waals surface area contributed by atoms with Gasteiger partial charge in [-0.2, -0.15) is 22.0 Å². The van der Waals surface area contributed by atoms with E-state index < -0.39 is 52.9 Å². The number of nitrogens with zero attached hydrogens (tertiary/aromatic N) is 1. The number of carbonyl (C=O) groups is 2. The number of rotatable bonds is 7. The van der Waals surface area contributed by atoms with Gasteiger partial charge in [0.25, 0.3) is 5.92 Å². The molecule has 0 bridgehead atoms. The normalized spacial score (nSPS) is 14.8. The van der Waals surface area contributed by atoms with Gasteiger partial charge in [0.15, 0.2) is 0 Å². The second kappa shape index (κ2) is 9.20. The molecule has 0 saturated heterocycles. The van der Waals surface area contributed by atoms with Crippen molar-refractivity contribution in [2.24, 2.45) is 0 Å². The first-order chi connectivity index (χ1) is 17.3. The van der Waals surface area contributed by atoms with Crippen LogP contribution in [-0.2, 0) is 22.3 Å². The van der Waals surface area contributed by atoms with Gasteiger partial charge in [-0.05, 0) is 48.7 Å². The van der Waals surface area contributed by atoms with E-state index in [4.69, 9.17) is 0 Å². The van der Waals surface area contributed by atoms with Crippen molar-refractivity contribution in [1.82, 2.24) is 4.98 Å². The van der Waals surface area contributed by atoms with E-state index in [2.05, 4.69) is 10.3 Å². The molecule has 194 valence electrons. The molecule has 0 aliphatic heterocycles. The Hall–Kier alpha value is -3.89. The molecule has 0 spiro atoms. The molecular weight excluding hydrogens is 502 g/mol. The Kier molecular flexibility index (Phi) is 6.51. The zero-order valence-corrected chi connectivity index (χ0v) is 19.3. The van der Waals surface area contributed by atoms with Gasteiger partial charge < -0.3 is 10.4 Å². The average molecular weight is 522 g/mol. The summed E-state index contributed by atoms with van der Waals surface area (Å²) in [7, 11) is 0. The fourth-order valence-electron chi connectivity index (χ4n) is 4.08. The Morgan fingerprint density at radius 3 is 2.24 bits per heavy atom. The van der Waals surface area contributed by atoms with E-state index >= 15 is 0 Å². The summed E-state index contributed by atoms with van der Waals surface area (Å²) >= 11 is 0. The maximum atomic E-state index is 14.5. The first kappa shape index (κ1) is 26.2. The van der Waals surface area contributed by atoms with Crippen molar-refractivity contribution in [2.75, 3.05) is 5.32 Å². The maximum Gasteiger partial charge on any atom is 0.416 e. The highest BCUT2D eigenvalue weighted by Gasteiger charge is 2.53. The van der Waals surface area contributed by atoms with E-state index in [-0.39, 0.29) is 40.8 Å². The number of aromatic carboxylic acids is 1. The number of carboxylic acids is 1. The average Bonchev–Trinajstić information content (AvgIpc) is 3.65. The zero-order chi connectivity index (χ0) is 27.2. The SMILES string of the molecule is CCC(F)(F)c1ccc(-c2ccc(NC(=O)C3(c4ccc(C(F)(F)F)cc4F)CC3)cc2C(=O)O)cn1. The third-order valence-electron chi connectivity index (χ3n) is 6.40. The standard InChI is InChI=1S/C26H20F6N2O3/c1-2-25(28,29)21-8-3-14(13-33-21)17-6-5-16(12-18(17)22(35)36)34-23(37)24(9-10-24)19-7-4-15(11-20(19)27)26(30,31)32/h3-8,11-13H,2,9-10H2,1H3,(H,34,37)(H,35,36). The number of hydrogen-bond acceptors (Lipinski definition) is 3. The lowest BCUT2D eigenvalue weighted by atomic mass is 9.93. The summed E-state index contributed by atoms with van der Waals surface area (Å²) in [5.41, 5.74) is -2.94. The fourth-order valence-corrected chi connectivity index (χ4v) is 4.08. The molecule has 2 aromatic carbocycles. The van der Waals surface area contributed by atoms with E-state index in [0.717, 1.165) is 24.4 Å².